The number of amides is 2. The van der Waals surface area contributed by atoms with Crippen LogP contribution in [0.4, 0.5) is 4.79 Å². The molecule has 0 aromatic carbocycles. The number of carboxylic acid groups (broad SMARTS) is 1. The van der Waals surface area contributed by atoms with Crippen LogP contribution in [0.1, 0.15) is 13.8 Å². The summed E-state index contributed by atoms with van der Waals surface area (Å²) in [6, 6.07) is -1.03. The highest BCUT2D eigenvalue weighted by Gasteiger charge is 2.27. The second-order valence-corrected chi connectivity index (χ2v) is 4.31. The minimum atomic E-state index is -1.02. The van der Waals surface area contributed by atoms with Crippen LogP contribution < -0.4 is 5.32 Å². The molecule has 2 amide bonds. The highest BCUT2D eigenvalue weighted by Crippen LogP contribution is 2.07. The maximum atomic E-state index is 11.8. The second-order valence-electron chi connectivity index (χ2n) is 4.31. The Morgan fingerprint density at radius 2 is 2.06 bits per heavy atom. The molecule has 1 heterocycles. The van der Waals surface area contributed by atoms with E-state index in [4.69, 9.17) is 5.11 Å². The Labute approximate surface area is 95.2 Å². The first-order valence-electron chi connectivity index (χ1n) is 5.40. The Morgan fingerprint density at radius 1 is 1.44 bits per heavy atom. The third-order valence-electron chi connectivity index (χ3n) is 2.80. The van der Waals surface area contributed by atoms with E-state index in [-0.39, 0.29) is 12.1 Å². The lowest BCUT2D eigenvalue weighted by molar-refractivity contribution is -0.138. The van der Waals surface area contributed by atoms with E-state index in [1.807, 2.05) is 14.0 Å². The molecule has 1 saturated heterocycles. The standard InChI is InChI=1S/C10H19N3O3/c1-7-6-12(3)4-5-13(7)10(16)11-8(2)9(14)15/h7-8H,4-6H2,1-3H3,(H,11,16)(H,14,15)/t7?,8-/m1/s1. The first-order chi connectivity index (χ1) is 7.41. The summed E-state index contributed by atoms with van der Waals surface area (Å²) in [5, 5.41) is 11.2. The lowest BCUT2D eigenvalue weighted by atomic mass is 10.2. The number of likely N-dealkylation sites (N-methyl/N-ethyl adjacent to an activating group) is 1. The summed E-state index contributed by atoms with van der Waals surface area (Å²) >= 11 is 0. The van der Waals surface area contributed by atoms with Gasteiger partial charge in [0.1, 0.15) is 6.04 Å². The van der Waals surface area contributed by atoms with E-state index in [2.05, 4.69) is 10.2 Å². The van der Waals surface area contributed by atoms with Gasteiger partial charge in [0.2, 0.25) is 0 Å². The minimum Gasteiger partial charge on any atom is -0.480 e. The van der Waals surface area contributed by atoms with Crippen LogP contribution in [0.15, 0.2) is 0 Å². The van der Waals surface area contributed by atoms with Crippen molar-refractivity contribution in [2.75, 3.05) is 26.7 Å². The number of nitrogens with one attached hydrogen (secondary N) is 1. The molecule has 0 aliphatic carbocycles. The van der Waals surface area contributed by atoms with Crippen molar-refractivity contribution in [3.8, 4) is 0 Å². The Hall–Kier alpha value is -1.30. The van der Waals surface area contributed by atoms with Crippen molar-refractivity contribution in [2.24, 2.45) is 0 Å². The number of hydrogen-bond donors (Lipinski definition) is 2. The van der Waals surface area contributed by atoms with E-state index in [1.165, 1.54) is 6.92 Å². The summed E-state index contributed by atoms with van der Waals surface area (Å²) in [6.45, 7) is 5.69. The summed E-state index contributed by atoms with van der Waals surface area (Å²) < 4.78 is 0. The van der Waals surface area contributed by atoms with Gasteiger partial charge in [0, 0.05) is 25.7 Å². The lowest BCUT2D eigenvalue weighted by Crippen LogP contribution is -2.57. The van der Waals surface area contributed by atoms with Crippen molar-refractivity contribution < 1.29 is 14.7 Å². The summed E-state index contributed by atoms with van der Waals surface area (Å²) in [5.41, 5.74) is 0. The SMILES string of the molecule is CC1CN(C)CCN1C(=O)N[C@H](C)C(=O)O. The van der Waals surface area contributed by atoms with Crippen molar-refractivity contribution in [3.63, 3.8) is 0 Å². The van der Waals surface area contributed by atoms with Gasteiger partial charge in [0.25, 0.3) is 0 Å². The highest BCUT2D eigenvalue weighted by molar-refractivity contribution is 5.82. The van der Waals surface area contributed by atoms with E-state index in [1.54, 1.807) is 4.90 Å². The van der Waals surface area contributed by atoms with Crippen molar-refractivity contribution in [2.45, 2.75) is 25.9 Å². The molecule has 0 aromatic heterocycles. The average molecular weight is 229 g/mol. The summed E-state index contributed by atoms with van der Waals surface area (Å²) in [6.07, 6.45) is 0. The lowest BCUT2D eigenvalue weighted by Gasteiger charge is -2.38. The molecule has 92 valence electrons. The largest absolute Gasteiger partial charge is 0.480 e. The molecule has 6 heteroatoms. The van der Waals surface area contributed by atoms with Crippen LogP contribution in [0.3, 0.4) is 0 Å². The zero-order valence-electron chi connectivity index (χ0n) is 9.93. The van der Waals surface area contributed by atoms with E-state index in [9.17, 15) is 9.59 Å². The predicted octanol–water partition coefficient (Wildman–Crippen LogP) is -0.195. The first kappa shape index (κ1) is 12.8. The molecular formula is C10H19N3O3. The maximum absolute atomic E-state index is 11.8. The van der Waals surface area contributed by atoms with Gasteiger partial charge in [0.15, 0.2) is 0 Å². The Bertz CT molecular complexity index is 282. The third kappa shape index (κ3) is 3.10. The fourth-order valence-corrected chi connectivity index (χ4v) is 1.77. The number of hydrogen-bond acceptors (Lipinski definition) is 3. The van der Waals surface area contributed by atoms with E-state index < -0.39 is 12.0 Å². The smallest absolute Gasteiger partial charge is 0.325 e. The van der Waals surface area contributed by atoms with Crippen molar-refractivity contribution in [3.05, 3.63) is 0 Å². The predicted molar refractivity (Wildman–Crippen MR) is 59.3 cm³/mol. The number of urea groups is 1. The van der Waals surface area contributed by atoms with Crippen LogP contribution in [0, 0.1) is 0 Å². The molecule has 0 spiro atoms. The molecule has 0 bridgehead atoms. The highest BCUT2D eigenvalue weighted by atomic mass is 16.4. The van der Waals surface area contributed by atoms with Gasteiger partial charge in [-0.15, -0.1) is 0 Å². The topological polar surface area (TPSA) is 72.9 Å². The molecule has 2 atom stereocenters. The molecule has 1 fully saturated rings. The number of carbonyl (C=O) groups is 2. The van der Waals surface area contributed by atoms with Crippen LogP contribution >= 0.6 is 0 Å². The second kappa shape index (κ2) is 5.16. The van der Waals surface area contributed by atoms with Gasteiger partial charge in [-0.25, -0.2) is 4.79 Å². The maximum Gasteiger partial charge on any atom is 0.325 e. The van der Waals surface area contributed by atoms with E-state index >= 15 is 0 Å². The molecule has 0 saturated carbocycles. The number of piperazine rings is 1. The molecule has 0 radical (unpaired) electrons. The van der Waals surface area contributed by atoms with Crippen LogP contribution in [0.2, 0.25) is 0 Å². The fourth-order valence-electron chi connectivity index (χ4n) is 1.77. The number of carbonyl (C=O) groups excluding carboxylic acids is 1. The molecule has 6 nitrogen and oxygen atoms in total. The number of carboxylic acids is 1. The van der Waals surface area contributed by atoms with Crippen LogP contribution in [0.5, 0.6) is 0 Å². The number of nitrogens with zero attached hydrogens (tertiary/aromatic N) is 2. The van der Waals surface area contributed by atoms with Crippen molar-refractivity contribution in [1.29, 1.82) is 0 Å². The summed E-state index contributed by atoms with van der Waals surface area (Å²) in [4.78, 5) is 26.2. The molecular weight excluding hydrogens is 210 g/mol. The number of rotatable bonds is 2. The Morgan fingerprint density at radius 3 is 2.56 bits per heavy atom. The molecule has 1 aliphatic rings. The summed E-state index contributed by atoms with van der Waals surface area (Å²) in [5.74, 6) is -1.02. The van der Waals surface area contributed by atoms with Crippen molar-refractivity contribution >= 4 is 12.0 Å². The minimum absolute atomic E-state index is 0.111. The van der Waals surface area contributed by atoms with Gasteiger partial charge in [-0.3, -0.25) is 4.79 Å². The zero-order valence-corrected chi connectivity index (χ0v) is 9.93. The zero-order chi connectivity index (χ0) is 12.3. The molecule has 1 aliphatic heterocycles. The Kier molecular flexibility index (Phi) is 4.12. The monoisotopic (exact) mass is 229 g/mol. The van der Waals surface area contributed by atoms with Crippen molar-refractivity contribution in [1.82, 2.24) is 15.1 Å². The first-order valence-corrected chi connectivity index (χ1v) is 5.40. The molecule has 1 unspecified atom stereocenters. The normalized spacial score (nSPS) is 23.9. The number of aliphatic carboxylic acids is 1. The van der Waals surface area contributed by atoms with E-state index in [0.717, 1.165) is 13.1 Å². The van der Waals surface area contributed by atoms with Gasteiger partial charge in [-0.05, 0) is 20.9 Å². The fraction of sp³-hybridized carbons (Fsp3) is 0.800. The van der Waals surface area contributed by atoms with Gasteiger partial charge >= 0.3 is 12.0 Å². The van der Waals surface area contributed by atoms with Gasteiger partial charge in [0.05, 0.1) is 0 Å². The Balaban J connectivity index is 2.51. The van der Waals surface area contributed by atoms with Gasteiger partial charge in [-0.1, -0.05) is 0 Å². The molecule has 16 heavy (non-hydrogen) atoms. The quantitative estimate of drug-likeness (QED) is 0.688. The average Bonchev–Trinajstić information content (AvgIpc) is 2.16. The summed E-state index contributed by atoms with van der Waals surface area (Å²) in [7, 11) is 2.01. The van der Waals surface area contributed by atoms with Crippen LogP contribution in [0.25, 0.3) is 0 Å². The van der Waals surface area contributed by atoms with Crippen LogP contribution in [-0.4, -0.2) is 65.7 Å². The van der Waals surface area contributed by atoms with Gasteiger partial charge in [-0.2, -0.15) is 0 Å². The third-order valence-corrected chi connectivity index (χ3v) is 2.80. The molecule has 2 N–H and O–H groups in total. The molecule has 1 rings (SSSR count). The van der Waals surface area contributed by atoms with Crippen LogP contribution in [-0.2, 0) is 4.79 Å². The molecule has 0 aromatic rings. The van der Waals surface area contributed by atoms with E-state index in [0.29, 0.717) is 6.54 Å². The van der Waals surface area contributed by atoms with Gasteiger partial charge < -0.3 is 20.2 Å².